The van der Waals surface area contributed by atoms with Gasteiger partial charge in [-0.15, -0.1) is 0 Å². The van der Waals surface area contributed by atoms with Crippen LogP contribution in [0.15, 0.2) is 60.7 Å². The predicted molar refractivity (Wildman–Crippen MR) is 139 cm³/mol. The standard InChI is InChI=1S/C27H26Cl2N2O4/c1-3-6-18-8-4-7-16(2)23(18)25(32)31-22(27(34)35)15-17-11-13-19(14-12-17)30-26(33)24-20(28)9-5-10-21(24)29/h4-5,7-14,22H,3,6,15H2,1-2H3,(H,30,33)(H,31,32)(H,34,35)/t22-/m0/s1. The van der Waals surface area contributed by atoms with E-state index in [2.05, 4.69) is 10.6 Å². The number of carbonyl (C=O) groups is 3. The van der Waals surface area contributed by atoms with Crippen LogP contribution >= 0.6 is 23.2 Å². The summed E-state index contributed by atoms with van der Waals surface area (Å²) in [5.74, 6) is -1.99. The Bertz CT molecular complexity index is 1220. The van der Waals surface area contributed by atoms with Gasteiger partial charge in [0.1, 0.15) is 6.04 Å². The van der Waals surface area contributed by atoms with E-state index in [-0.39, 0.29) is 22.0 Å². The third kappa shape index (κ3) is 6.62. The van der Waals surface area contributed by atoms with Crippen molar-refractivity contribution in [1.29, 1.82) is 0 Å². The van der Waals surface area contributed by atoms with E-state index in [0.29, 0.717) is 16.8 Å². The second-order valence-electron chi connectivity index (χ2n) is 8.18. The first-order valence-electron chi connectivity index (χ1n) is 11.2. The van der Waals surface area contributed by atoms with Gasteiger partial charge in [-0.05, 0) is 54.3 Å². The Hall–Kier alpha value is -3.35. The number of rotatable bonds is 9. The fraction of sp³-hybridized carbons (Fsp3) is 0.222. The maximum Gasteiger partial charge on any atom is 0.326 e. The summed E-state index contributed by atoms with van der Waals surface area (Å²) in [6.45, 7) is 3.87. The molecule has 0 spiro atoms. The van der Waals surface area contributed by atoms with E-state index in [1.165, 1.54) is 0 Å². The van der Waals surface area contributed by atoms with Crippen molar-refractivity contribution in [3.05, 3.63) is 98.5 Å². The van der Waals surface area contributed by atoms with Crippen LogP contribution < -0.4 is 10.6 Å². The van der Waals surface area contributed by atoms with Gasteiger partial charge in [0.15, 0.2) is 0 Å². The Morgan fingerprint density at radius 3 is 2.11 bits per heavy atom. The number of hydrogen-bond donors (Lipinski definition) is 3. The third-order valence-electron chi connectivity index (χ3n) is 5.55. The average Bonchev–Trinajstić information content (AvgIpc) is 2.80. The molecule has 8 heteroatoms. The minimum absolute atomic E-state index is 0.0840. The molecule has 0 unspecified atom stereocenters. The number of benzene rings is 3. The first kappa shape index (κ1) is 26.3. The Morgan fingerprint density at radius 1 is 0.886 bits per heavy atom. The van der Waals surface area contributed by atoms with Crippen LogP contribution in [-0.2, 0) is 17.6 Å². The molecule has 3 aromatic rings. The van der Waals surface area contributed by atoms with Gasteiger partial charge in [-0.3, -0.25) is 9.59 Å². The van der Waals surface area contributed by atoms with Crippen molar-refractivity contribution in [3.63, 3.8) is 0 Å². The number of anilines is 1. The number of carbonyl (C=O) groups excluding carboxylic acids is 2. The summed E-state index contributed by atoms with van der Waals surface area (Å²) in [7, 11) is 0. The zero-order valence-corrected chi connectivity index (χ0v) is 20.9. The van der Waals surface area contributed by atoms with Crippen LogP contribution in [0.4, 0.5) is 5.69 Å². The van der Waals surface area contributed by atoms with Gasteiger partial charge >= 0.3 is 5.97 Å². The highest BCUT2D eigenvalue weighted by Crippen LogP contribution is 2.25. The van der Waals surface area contributed by atoms with Crippen molar-refractivity contribution in [2.75, 3.05) is 5.32 Å². The topological polar surface area (TPSA) is 95.5 Å². The molecule has 0 radical (unpaired) electrons. The Balaban J connectivity index is 1.71. The van der Waals surface area contributed by atoms with E-state index in [4.69, 9.17) is 23.2 Å². The molecule has 0 aliphatic heterocycles. The summed E-state index contributed by atoms with van der Waals surface area (Å²) >= 11 is 12.2. The van der Waals surface area contributed by atoms with Crippen LogP contribution in [0.2, 0.25) is 10.0 Å². The van der Waals surface area contributed by atoms with E-state index in [0.717, 1.165) is 24.0 Å². The van der Waals surface area contributed by atoms with Gasteiger partial charge in [0.2, 0.25) is 0 Å². The van der Waals surface area contributed by atoms with Gasteiger partial charge < -0.3 is 15.7 Å². The maximum absolute atomic E-state index is 13.0. The van der Waals surface area contributed by atoms with Crippen LogP contribution in [0, 0.1) is 6.92 Å². The lowest BCUT2D eigenvalue weighted by atomic mass is 9.97. The Morgan fingerprint density at radius 2 is 1.51 bits per heavy atom. The van der Waals surface area contributed by atoms with E-state index in [1.807, 2.05) is 32.0 Å². The summed E-state index contributed by atoms with van der Waals surface area (Å²) in [4.78, 5) is 37.5. The fourth-order valence-corrected chi connectivity index (χ4v) is 4.40. The molecule has 0 heterocycles. The largest absolute Gasteiger partial charge is 0.480 e. The highest BCUT2D eigenvalue weighted by atomic mass is 35.5. The second-order valence-corrected chi connectivity index (χ2v) is 8.99. The lowest BCUT2D eigenvalue weighted by molar-refractivity contribution is -0.139. The second kappa shape index (κ2) is 11.9. The van der Waals surface area contributed by atoms with Crippen molar-refractivity contribution >= 4 is 46.7 Å². The number of nitrogens with one attached hydrogen (secondary N) is 2. The molecule has 0 aliphatic rings. The molecule has 2 amide bonds. The maximum atomic E-state index is 13.0. The minimum Gasteiger partial charge on any atom is -0.480 e. The molecule has 35 heavy (non-hydrogen) atoms. The van der Waals surface area contributed by atoms with Gasteiger partial charge in [-0.1, -0.05) is 72.9 Å². The van der Waals surface area contributed by atoms with Crippen LogP contribution in [0.5, 0.6) is 0 Å². The molecule has 3 rings (SSSR count). The zero-order valence-electron chi connectivity index (χ0n) is 19.4. The number of aryl methyl sites for hydroxylation is 2. The van der Waals surface area contributed by atoms with E-state index < -0.39 is 23.8 Å². The van der Waals surface area contributed by atoms with Crippen LogP contribution in [0.1, 0.15) is 50.8 Å². The number of carboxylic acids is 1. The van der Waals surface area contributed by atoms with Crippen molar-refractivity contribution in [2.45, 2.75) is 39.2 Å². The molecular formula is C27H26Cl2N2O4. The number of halogens is 2. The number of carboxylic acid groups (broad SMARTS) is 1. The highest BCUT2D eigenvalue weighted by molar-refractivity contribution is 6.40. The Kier molecular flexibility index (Phi) is 8.90. The smallest absolute Gasteiger partial charge is 0.326 e. The van der Waals surface area contributed by atoms with E-state index in [9.17, 15) is 19.5 Å². The average molecular weight is 513 g/mol. The van der Waals surface area contributed by atoms with Crippen molar-refractivity contribution in [3.8, 4) is 0 Å². The first-order valence-corrected chi connectivity index (χ1v) is 11.9. The van der Waals surface area contributed by atoms with E-state index in [1.54, 1.807) is 42.5 Å². The van der Waals surface area contributed by atoms with Crippen LogP contribution in [0.25, 0.3) is 0 Å². The molecule has 182 valence electrons. The molecule has 3 aromatic carbocycles. The fourth-order valence-electron chi connectivity index (χ4n) is 3.83. The van der Waals surface area contributed by atoms with Gasteiger partial charge in [0, 0.05) is 17.7 Å². The van der Waals surface area contributed by atoms with Crippen LogP contribution in [-0.4, -0.2) is 28.9 Å². The van der Waals surface area contributed by atoms with E-state index >= 15 is 0 Å². The lowest BCUT2D eigenvalue weighted by Crippen LogP contribution is -2.42. The summed E-state index contributed by atoms with van der Waals surface area (Å²) in [6.07, 6.45) is 1.69. The summed E-state index contributed by atoms with van der Waals surface area (Å²) in [5.41, 5.74) is 3.58. The highest BCUT2D eigenvalue weighted by Gasteiger charge is 2.23. The number of amides is 2. The molecule has 1 atom stereocenters. The quantitative estimate of drug-likeness (QED) is 0.331. The molecule has 0 fully saturated rings. The summed E-state index contributed by atoms with van der Waals surface area (Å²) < 4.78 is 0. The predicted octanol–water partition coefficient (Wildman–Crippen LogP) is 5.93. The van der Waals surface area contributed by atoms with Gasteiger partial charge in [0.25, 0.3) is 11.8 Å². The first-order chi connectivity index (χ1) is 16.7. The molecule has 0 bridgehead atoms. The molecule has 0 saturated carbocycles. The van der Waals surface area contributed by atoms with Gasteiger partial charge in [-0.25, -0.2) is 4.79 Å². The lowest BCUT2D eigenvalue weighted by Gasteiger charge is -2.18. The van der Waals surface area contributed by atoms with Gasteiger partial charge in [0.05, 0.1) is 15.6 Å². The minimum atomic E-state index is -1.13. The van der Waals surface area contributed by atoms with Crippen molar-refractivity contribution in [1.82, 2.24) is 5.32 Å². The van der Waals surface area contributed by atoms with Crippen molar-refractivity contribution in [2.24, 2.45) is 0 Å². The molecule has 6 nitrogen and oxygen atoms in total. The zero-order chi connectivity index (χ0) is 25.5. The molecule has 0 saturated heterocycles. The van der Waals surface area contributed by atoms with Crippen LogP contribution in [0.3, 0.4) is 0 Å². The third-order valence-corrected chi connectivity index (χ3v) is 6.18. The Labute approximate surface area is 214 Å². The van der Waals surface area contributed by atoms with Gasteiger partial charge in [-0.2, -0.15) is 0 Å². The molecular weight excluding hydrogens is 487 g/mol. The normalized spacial score (nSPS) is 11.5. The molecule has 0 aliphatic carbocycles. The summed E-state index contributed by atoms with van der Waals surface area (Å²) in [5, 5.41) is 15.6. The summed E-state index contributed by atoms with van der Waals surface area (Å²) in [6, 6.07) is 16.0. The molecule has 3 N–H and O–H groups in total. The molecule has 0 aromatic heterocycles. The number of aliphatic carboxylic acids is 1. The SMILES string of the molecule is CCCc1cccc(C)c1C(=O)N[C@@H](Cc1ccc(NC(=O)c2c(Cl)cccc2Cl)cc1)C(=O)O. The van der Waals surface area contributed by atoms with Crippen molar-refractivity contribution < 1.29 is 19.5 Å². The number of hydrogen-bond acceptors (Lipinski definition) is 3. The monoisotopic (exact) mass is 512 g/mol.